The van der Waals surface area contributed by atoms with E-state index in [4.69, 9.17) is 8.92 Å². The summed E-state index contributed by atoms with van der Waals surface area (Å²) in [6, 6.07) is 14.5. The summed E-state index contributed by atoms with van der Waals surface area (Å²) >= 11 is 0. The Balaban J connectivity index is 1.72. The van der Waals surface area contributed by atoms with Crippen molar-refractivity contribution >= 4 is 15.9 Å². The molecule has 5 nitrogen and oxygen atoms in total. The van der Waals surface area contributed by atoms with Crippen LogP contribution in [0, 0.1) is 0 Å². The third kappa shape index (κ3) is 3.29. The molecular weight excluding hydrogens is 369 g/mol. The maximum Gasteiger partial charge on any atom is 0.382 e. The fraction of sp³-hybridized carbons (Fsp3) is 0.200. The maximum absolute atomic E-state index is 15.0. The lowest BCUT2D eigenvalue weighted by atomic mass is 9.82. The highest BCUT2D eigenvalue weighted by molar-refractivity contribution is 7.85. The van der Waals surface area contributed by atoms with Crippen LogP contribution in [0.3, 0.4) is 0 Å². The van der Waals surface area contributed by atoms with Crippen molar-refractivity contribution < 1.29 is 21.7 Å². The van der Waals surface area contributed by atoms with E-state index in [1.807, 2.05) is 30.3 Å². The first-order valence-electron chi connectivity index (χ1n) is 8.43. The number of fused-ring (bicyclic) bond motifs is 1. The maximum atomic E-state index is 15.0. The second-order valence-corrected chi connectivity index (χ2v) is 7.83. The minimum absolute atomic E-state index is 0.00795. The second-order valence-electron chi connectivity index (χ2n) is 6.47. The zero-order valence-electron chi connectivity index (χ0n) is 14.6. The molecule has 1 aliphatic carbocycles. The van der Waals surface area contributed by atoms with E-state index < -0.39 is 15.9 Å². The first-order chi connectivity index (χ1) is 12.9. The Labute approximate surface area is 157 Å². The first-order valence-corrected chi connectivity index (χ1v) is 9.84. The number of benzene rings is 2. The molecule has 0 spiro atoms. The molecular formula is C20H18FNO4S. The summed E-state index contributed by atoms with van der Waals surface area (Å²) in [6.07, 6.45) is 3.51. The number of nitrogens with one attached hydrogen (secondary N) is 1. The van der Waals surface area contributed by atoms with Crippen LogP contribution >= 0.6 is 0 Å². The van der Waals surface area contributed by atoms with Gasteiger partial charge >= 0.3 is 10.3 Å². The van der Waals surface area contributed by atoms with E-state index >= 15 is 0 Å². The molecule has 0 radical (unpaired) electrons. The molecule has 1 heterocycles. The zero-order valence-corrected chi connectivity index (χ0v) is 15.4. The van der Waals surface area contributed by atoms with E-state index in [1.54, 1.807) is 30.4 Å². The van der Waals surface area contributed by atoms with E-state index in [2.05, 4.69) is 4.72 Å². The number of allylic oxidation sites excluding steroid dienone is 2. The van der Waals surface area contributed by atoms with E-state index in [0.29, 0.717) is 16.7 Å². The molecule has 0 bridgehead atoms. The molecule has 140 valence electrons. The Morgan fingerprint density at radius 3 is 2.67 bits per heavy atom. The number of ether oxygens (including phenoxy) is 1. The lowest BCUT2D eigenvalue weighted by molar-refractivity contribution is 0.0240. The van der Waals surface area contributed by atoms with Crippen LogP contribution in [0.1, 0.15) is 23.1 Å². The van der Waals surface area contributed by atoms with Crippen LogP contribution in [0.2, 0.25) is 0 Å². The molecule has 4 rings (SSSR count). The van der Waals surface area contributed by atoms with Gasteiger partial charge in [0.25, 0.3) is 0 Å². The molecule has 27 heavy (non-hydrogen) atoms. The highest BCUT2D eigenvalue weighted by Gasteiger charge is 2.36. The first kappa shape index (κ1) is 17.9. The van der Waals surface area contributed by atoms with Gasteiger partial charge in [0.2, 0.25) is 0 Å². The Bertz CT molecular complexity index is 1050. The van der Waals surface area contributed by atoms with Gasteiger partial charge in [-0.1, -0.05) is 48.5 Å². The molecule has 0 aromatic heterocycles. The van der Waals surface area contributed by atoms with Gasteiger partial charge in [0, 0.05) is 31.2 Å². The molecule has 1 aliphatic heterocycles. The number of halogens is 1. The predicted molar refractivity (Wildman–Crippen MR) is 99.7 cm³/mol. The molecule has 0 saturated carbocycles. The smallest absolute Gasteiger partial charge is 0.371 e. The molecule has 0 saturated heterocycles. The minimum Gasteiger partial charge on any atom is -0.371 e. The molecule has 1 unspecified atom stereocenters. The normalized spacial score (nSPS) is 23.6. The van der Waals surface area contributed by atoms with Crippen LogP contribution in [0.25, 0.3) is 5.57 Å². The van der Waals surface area contributed by atoms with Crippen LogP contribution in [-0.4, -0.2) is 15.5 Å². The summed E-state index contributed by atoms with van der Waals surface area (Å²) in [5.41, 5.74) is 1.61. The van der Waals surface area contributed by atoms with E-state index in [-0.39, 0.29) is 24.5 Å². The summed E-state index contributed by atoms with van der Waals surface area (Å²) in [5, 5.41) is 0. The van der Waals surface area contributed by atoms with Crippen LogP contribution in [0.5, 0.6) is 5.75 Å². The van der Waals surface area contributed by atoms with Crippen molar-refractivity contribution in [2.24, 2.45) is 0 Å². The zero-order chi connectivity index (χ0) is 19.1. The highest BCUT2D eigenvalue weighted by Crippen LogP contribution is 2.43. The fourth-order valence-corrected chi connectivity index (χ4v) is 4.16. The van der Waals surface area contributed by atoms with Crippen molar-refractivity contribution in [3.63, 3.8) is 0 Å². The highest BCUT2D eigenvalue weighted by atomic mass is 32.2. The van der Waals surface area contributed by atoms with Crippen LogP contribution in [0.15, 0.2) is 66.5 Å². The monoisotopic (exact) mass is 387 g/mol. The Morgan fingerprint density at radius 2 is 1.96 bits per heavy atom. The number of rotatable bonds is 3. The van der Waals surface area contributed by atoms with Gasteiger partial charge in [0.15, 0.2) is 0 Å². The number of methoxy groups -OCH3 is 1. The molecule has 7 heteroatoms. The summed E-state index contributed by atoms with van der Waals surface area (Å²) in [7, 11) is -2.31. The largest absolute Gasteiger partial charge is 0.382 e. The van der Waals surface area contributed by atoms with Crippen LogP contribution < -0.4 is 8.91 Å². The summed E-state index contributed by atoms with van der Waals surface area (Å²) in [5.74, 6) is -0.0622. The van der Waals surface area contributed by atoms with Gasteiger partial charge in [-0.25, -0.2) is 4.39 Å². The Hall–Kier alpha value is -2.48. The van der Waals surface area contributed by atoms with Crippen LogP contribution in [0.4, 0.5) is 4.39 Å². The SMILES string of the molecule is COC1(c2ccc3c(c2)OS(=O)(=O)NC3)C=CC(c2ccccc2)=C(F)C1. The van der Waals surface area contributed by atoms with Crippen molar-refractivity contribution in [1.82, 2.24) is 4.72 Å². The summed E-state index contributed by atoms with van der Waals surface area (Å²) < 4.78 is 51.3. The van der Waals surface area contributed by atoms with Crippen LogP contribution in [-0.2, 0) is 27.2 Å². The lowest BCUT2D eigenvalue weighted by Crippen LogP contribution is -2.33. The van der Waals surface area contributed by atoms with E-state index in [9.17, 15) is 12.8 Å². The standard InChI is InChI=1S/C20H18FNO4S/c1-25-20(10-9-17(18(21)12-20)14-5-3-2-4-6-14)16-8-7-15-13-22-27(23,24)26-19(15)11-16/h2-11,22H,12-13H2,1H3. The summed E-state index contributed by atoms with van der Waals surface area (Å²) in [6.45, 7) is 0.153. The second kappa shape index (κ2) is 6.60. The minimum atomic E-state index is -3.82. The third-order valence-electron chi connectivity index (χ3n) is 4.87. The third-order valence-corrected chi connectivity index (χ3v) is 5.77. The van der Waals surface area contributed by atoms with Gasteiger partial charge in [-0.3, -0.25) is 0 Å². The van der Waals surface area contributed by atoms with Gasteiger partial charge < -0.3 is 8.92 Å². The molecule has 0 fully saturated rings. The number of hydrogen-bond acceptors (Lipinski definition) is 4. The van der Waals surface area contributed by atoms with Crippen molar-refractivity contribution in [3.8, 4) is 5.75 Å². The van der Waals surface area contributed by atoms with Gasteiger partial charge in [0.1, 0.15) is 17.2 Å². The molecule has 1 N–H and O–H groups in total. The topological polar surface area (TPSA) is 64.6 Å². The predicted octanol–water partition coefficient (Wildman–Crippen LogP) is 3.60. The van der Waals surface area contributed by atoms with Gasteiger partial charge in [0.05, 0.1) is 0 Å². The molecule has 2 aromatic rings. The van der Waals surface area contributed by atoms with Crippen molar-refractivity contribution in [2.45, 2.75) is 18.6 Å². The van der Waals surface area contributed by atoms with Gasteiger partial charge in [-0.05, 0) is 23.3 Å². The summed E-state index contributed by atoms with van der Waals surface area (Å²) in [4.78, 5) is 0. The van der Waals surface area contributed by atoms with Gasteiger partial charge in [-0.2, -0.15) is 13.1 Å². The molecule has 2 aliphatic rings. The molecule has 2 aromatic carbocycles. The molecule has 0 amide bonds. The average molecular weight is 387 g/mol. The van der Waals surface area contributed by atoms with Crippen molar-refractivity contribution in [2.75, 3.05) is 7.11 Å². The average Bonchev–Trinajstić information content (AvgIpc) is 2.67. The van der Waals surface area contributed by atoms with Crippen molar-refractivity contribution in [1.29, 1.82) is 0 Å². The Morgan fingerprint density at radius 1 is 1.19 bits per heavy atom. The number of hydrogen-bond donors (Lipinski definition) is 1. The van der Waals surface area contributed by atoms with E-state index in [0.717, 1.165) is 5.56 Å². The molecule has 1 atom stereocenters. The fourth-order valence-electron chi connectivity index (χ4n) is 3.38. The van der Waals surface area contributed by atoms with E-state index in [1.165, 1.54) is 7.11 Å². The quantitative estimate of drug-likeness (QED) is 0.874. The lowest BCUT2D eigenvalue weighted by Gasteiger charge is -2.33. The Kier molecular flexibility index (Phi) is 4.38. The van der Waals surface area contributed by atoms with Gasteiger partial charge in [-0.15, -0.1) is 0 Å². The van der Waals surface area contributed by atoms with Crippen molar-refractivity contribution in [3.05, 3.63) is 83.2 Å².